The summed E-state index contributed by atoms with van der Waals surface area (Å²) in [7, 11) is 0. The molecule has 474 valence electrons. The molecular formula is C62H113NO18. The van der Waals surface area contributed by atoms with E-state index >= 15 is 0 Å². The van der Waals surface area contributed by atoms with Crippen LogP contribution in [0.15, 0.2) is 36.5 Å². The Hall–Kier alpha value is -1.99. The minimum Gasteiger partial charge on any atom is -0.394 e. The van der Waals surface area contributed by atoms with E-state index in [-0.39, 0.29) is 18.9 Å². The molecule has 0 radical (unpaired) electrons. The zero-order valence-electron chi connectivity index (χ0n) is 49.5. The molecule has 17 unspecified atom stereocenters. The van der Waals surface area contributed by atoms with Crippen LogP contribution in [0, 0.1) is 0 Å². The molecule has 3 aliphatic heterocycles. The van der Waals surface area contributed by atoms with Gasteiger partial charge in [-0.1, -0.05) is 204 Å². The first-order chi connectivity index (χ1) is 39.3. The maximum absolute atomic E-state index is 13.3. The van der Waals surface area contributed by atoms with E-state index < -0.39 is 124 Å². The minimum absolute atomic E-state index is 0.231. The number of aliphatic hydroxyl groups excluding tert-OH is 11. The predicted octanol–water partition coefficient (Wildman–Crippen LogP) is 6.49. The molecule has 3 aliphatic rings. The summed E-state index contributed by atoms with van der Waals surface area (Å²) in [6.45, 7) is 1.66. The Labute approximate surface area is 485 Å². The van der Waals surface area contributed by atoms with Gasteiger partial charge in [-0.25, -0.2) is 0 Å². The van der Waals surface area contributed by atoms with Crippen LogP contribution < -0.4 is 5.32 Å². The highest BCUT2D eigenvalue weighted by molar-refractivity contribution is 5.76. The highest BCUT2D eigenvalue weighted by Crippen LogP contribution is 2.33. The highest BCUT2D eigenvalue weighted by atomic mass is 16.8. The van der Waals surface area contributed by atoms with Gasteiger partial charge in [0.25, 0.3) is 0 Å². The molecule has 0 aromatic heterocycles. The molecule has 3 heterocycles. The molecule has 0 spiro atoms. The summed E-state index contributed by atoms with van der Waals surface area (Å²) in [5.74, 6) is -0.271. The lowest BCUT2D eigenvalue weighted by Crippen LogP contribution is -2.66. The molecule has 3 saturated heterocycles. The third-order valence-electron chi connectivity index (χ3n) is 16.0. The molecule has 17 atom stereocenters. The van der Waals surface area contributed by atoms with Gasteiger partial charge in [-0.15, -0.1) is 0 Å². The standard InChI is InChI=1S/C62H113NO18/c1-3-5-7-9-11-13-15-17-18-19-20-21-22-23-24-25-26-28-29-31-33-35-37-39-46(67)45(63-50(68)40-38-36-34-32-30-27-16-14-12-10-8-6-4-2)44-76-60-56(74)53(71)58(48(42-65)78-60)81-62-57(75)54(72)59(49(43-66)79-62)80-61-55(73)52(70)51(69)47(41-64)77-61/h6,8,12,14,27,30,45-49,51-62,64-67,69-75H,3-5,7,9-11,13,15-26,28-29,31-44H2,1-2H3,(H,63,68)/b8-6-,14-12-,30-27-. The molecule has 19 heteroatoms. The molecule has 0 bridgehead atoms. The van der Waals surface area contributed by atoms with E-state index in [1.807, 2.05) is 0 Å². The van der Waals surface area contributed by atoms with Crippen molar-refractivity contribution in [3.05, 3.63) is 36.5 Å². The first kappa shape index (κ1) is 73.3. The van der Waals surface area contributed by atoms with Crippen molar-refractivity contribution in [2.75, 3.05) is 26.4 Å². The van der Waals surface area contributed by atoms with Crippen LogP contribution in [0.1, 0.15) is 219 Å². The number of hydrogen-bond acceptors (Lipinski definition) is 18. The van der Waals surface area contributed by atoms with Crippen LogP contribution in [-0.2, 0) is 33.2 Å². The Bertz CT molecular complexity index is 1620. The van der Waals surface area contributed by atoms with Crippen LogP contribution in [0.3, 0.4) is 0 Å². The number of carbonyl (C=O) groups excluding carboxylic acids is 1. The van der Waals surface area contributed by atoms with Crippen molar-refractivity contribution < 1.29 is 89.4 Å². The summed E-state index contributed by atoms with van der Waals surface area (Å²) in [5, 5.41) is 120. The molecule has 0 aromatic carbocycles. The Balaban J connectivity index is 1.46. The Morgan fingerprint density at radius 1 is 0.457 bits per heavy atom. The molecule has 0 saturated carbocycles. The van der Waals surface area contributed by atoms with Gasteiger partial charge in [0.05, 0.1) is 38.6 Å². The number of hydrogen-bond donors (Lipinski definition) is 12. The quantitative estimate of drug-likeness (QED) is 0.0229. The number of rotatable bonds is 47. The molecule has 0 aromatic rings. The number of allylic oxidation sites excluding steroid dienone is 6. The maximum atomic E-state index is 13.3. The van der Waals surface area contributed by atoms with Gasteiger partial charge in [0.2, 0.25) is 5.91 Å². The van der Waals surface area contributed by atoms with E-state index in [2.05, 4.69) is 55.6 Å². The minimum atomic E-state index is -1.97. The van der Waals surface area contributed by atoms with Crippen molar-refractivity contribution in [2.45, 2.75) is 324 Å². The van der Waals surface area contributed by atoms with Gasteiger partial charge < -0.3 is 89.9 Å². The van der Waals surface area contributed by atoms with Crippen LogP contribution in [-0.4, -0.2) is 193 Å². The van der Waals surface area contributed by atoms with E-state index in [1.165, 1.54) is 122 Å². The van der Waals surface area contributed by atoms with Gasteiger partial charge in [0.1, 0.15) is 73.2 Å². The van der Waals surface area contributed by atoms with Crippen molar-refractivity contribution in [3.8, 4) is 0 Å². The average molecular weight is 1160 g/mol. The van der Waals surface area contributed by atoms with Crippen LogP contribution in [0.25, 0.3) is 0 Å². The van der Waals surface area contributed by atoms with Crippen LogP contribution in [0.5, 0.6) is 0 Å². The molecule has 1 amide bonds. The molecular weight excluding hydrogens is 1050 g/mol. The average Bonchev–Trinajstić information content (AvgIpc) is 3.51. The van der Waals surface area contributed by atoms with Crippen molar-refractivity contribution in [1.29, 1.82) is 0 Å². The summed E-state index contributed by atoms with van der Waals surface area (Å²) in [4.78, 5) is 13.3. The lowest BCUT2D eigenvalue weighted by atomic mass is 9.96. The molecule has 0 aliphatic carbocycles. The lowest BCUT2D eigenvalue weighted by molar-refractivity contribution is -0.379. The number of unbranched alkanes of at least 4 members (excludes halogenated alkanes) is 25. The monoisotopic (exact) mass is 1160 g/mol. The summed E-state index contributed by atoms with van der Waals surface area (Å²) < 4.78 is 34.3. The van der Waals surface area contributed by atoms with Gasteiger partial charge in [-0.3, -0.25) is 4.79 Å². The fourth-order valence-electron chi connectivity index (χ4n) is 10.8. The molecule has 81 heavy (non-hydrogen) atoms. The number of nitrogens with one attached hydrogen (secondary N) is 1. The number of carbonyl (C=O) groups is 1. The predicted molar refractivity (Wildman–Crippen MR) is 309 cm³/mol. The zero-order valence-corrected chi connectivity index (χ0v) is 49.5. The third kappa shape index (κ3) is 28.8. The Morgan fingerprint density at radius 2 is 0.852 bits per heavy atom. The number of amides is 1. The summed E-state index contributed by atoms with van der Waals surface area (Å²) in [6.07, 6.45) is 22.4. The van der Waals surface area contributed by atoms with Crippen LogP contribution in [0.4, 0.5) is 0 Å². The SMILES string of the molecule is CC/C=C\C/C=C\C/C=C\CCCCCC(=O)NC(COC1OC(CO)C(OC2OC(CO)C(OC3OC(CO)C(O)C(O)C3O)C(O)C2O)C(O)C1O)C(O)CCCCCCCCCCCCCCCCCCCCCCCCC. The second kappa shape index (κ2) is 45.3. The van der Waals surface area contributed by atoms with E-state index in [1.54, 1.807) is 0 Å². The number of ether oxygens (including phenoxy) is 6. The normalized spacial score (nSPS) is 30.0. The Morgan fingerprint density at radius 3 is 1.32 bits per heavy atom. The largest absolute Gasteiger partial charge is 0.394 e. The fraction of sp³-hybridized carbons (Fsp3) is 0.887. The van der Waals surface area contributed by atoms with Crippen molar-refractivity contribution in [3.63, 3.8) is 0 Å². The lowest BCUT2D eigenvalue weighted by Gasteiger charge is -2.48. The second-order valence-electron chi connectivity index (χ2n) is 22.8. The summed E-state index contributed by atoms with van der Waals surface area (Å²) in [5.41, 5.74) is 0. The fourth-order valence-corrected chi connectivity index (χ4v) is 10.8. The van der Waals surface area contributed by atoms with Crippen LogP contribution in [0.2, 0.25) is 0 Å². The molecule has 3 rings (SSSR count). The van der Waals surface area contributed by atoms with Crippen molar-refractivity contribution in [2.24, 2.45) is 0 Å². The van der Waals surface area contributed by atoms with E-state index in [0.717, 1.165) is 64.2 Å². The molecule has 3 fully saturated rings. The van der Waals surface area contributed by atoms with E-state index in [4.69, 9.17) is 28.4 Å². The van der Waals surface area contributed by atoms with Crippen molar-refractivity contribution >= 4 is 5.91 Å². The molecule has 12 N–H and O–H groups in total. The van der Waals surface area contributed by atoms with Gasteiger partial charge >= 0.3 is 0 Å². The smallest absolute Gasteiger partial charge is 0.220 e. The van der Waals surface area contributed by atoms with Gasteiger partial charge in [0.15, 0.2) is 18.9 Å². The topological polar surface area (TPSA) is 307 Å². The molecule has 19 nitrogen and oxygen atoms in total. The van der Waals surface area contributed by atoms with Crippen molar-refractivity contribution in [1.82, 2.24) is 5.32 Å². The zero-order chi connectivity index (χ0) is 59.0. The summed E-state index contributed by atoms with van der Waals surface area (Å²) in [6, 6.07) is -0.902. The third-order valence-corrected chi connectivity index (χ3v) is 16.0. The van der Waals surface area contributed by atoms with Gasteiger partial charge in [-0.2, -0.15) is 0 Å². The van der Waals surface area contributed by atoms with Gasteiger partial charge in [0, 0.05) is 6.42 Å². The second-order valence-corrected chi connectivity index (χ2v) is 22.8. The first-order valence-electron chi connectivity index (χ1n) is 31.7. The first-order valence-corrected chi connectivity index (χ1v) is 31.7. The van der Waals surface area contributed by atoms with Gasteiger partial charge in [-0.05, 0) is 44.9 Å². The van der Waals surface area contributed by atoms with E-state index in [9.17, 15) is 61.0 Å². The van der Waals surface area contributed by atoms with E-state index in [0.29, 0.717) is 12.8 Å². The highest BCUT2D eigenvalue weighted by Gasteiger charge is 2.53. The maximum Gasteiger partial charge on any atom is 0.220 e. The van der Waals surface area contributed by atoms with Crippen LogP contribution >= 0.6 is 0 Å². The Kier molecular flexibility index (Phi) is 41.0. The summed E-state index contributed by atoms with van der Waals surface area (Å²) >= 11 is 0. The number of aliphatic hydroxyl groups is 11.